The molecule has 1 amide bonds. The van der Waals surface area contributed by atoms with Crippen LogP contribution in [0, 0.1) is 0 Å². The molecule has 0 aliphatic carbocycles. The Hall–Kier alpha value is -1.50. The van der Waals surface area contributed by atoms with Gasteiger partial charge in [0.25, 0.3) is 0 Å². The first-order valence-electron chi connectivity index (χ1n) is 11.8. The van der Waals surface area contributed by atoms with Gasteiger partial charge in [0.05, 0.1) is 92.3 Å². The third-order valence-electron chi connectivity index (χ3n) is 3.89. The van der Waals surface area contributed by atoms with Gasteiger partial charge in [-0.05, 0) is 27.7 Å². The van der Waals surface area contributed by atoms with Crippen molar-refractivity contribution in [3.05, 3.63) is 0 Å². The number of likely N-dealkylation sites (N-methyl/N-ethyl adjacent to an activating group) is 1. The quantitative estimate of drug-likeness (QED) is 0.163. The number of hydrogen-bond acceptors (Lipinski definition) is 10. The largest absolute Gasteiger partial charge is 0.466 e. The number of carbonyl (C=O) groups is 2. The average Bonchev–Trinajstić information content (AvgIpc) is 2.76. The Kier molecular flexibility index (Phi) is 21.0. The lowest BCUT2D eigenvalue weighted by Gasteiger charge is -2.24. The fourth-order valence-corrected chi connectivity index (χ4v) is 2.22. The molecule has 0 aromatic rings. The van der Waals surface area contributed by atoms with E-state index in [1.54, 1.807) is 14.0 Å². The van der Waals surface area contributed by atoms with Gasteiger partial charge in [0, 0.05) is 13.6 Å². The number of hydrogen-bond donors (Lipinski definition) is 0. The SMILES string of the molecule is CCOC(=O)CCOCCOCCOCCOCCOCCOCCN(C)C(=O)OC(C)(C)C. The van der Waals surface area contributed by atoms with Crippen molar-refractivity contribution < 1.29 is 47.5 Å². The Morgan fingerprint density at radius 3 is 1.41 bits per heavy atom. The fourth-order valence-electron chi connectivity index (χ4n) is 2.22. The van der Waals surface area contributed by atoms with Crippen LogP contribution in [0.25, 0.3) is 0 Å². The zero-order valence-corrected chi connectivity index (χ0v) is 21.6. The summed E-state index contributed by atoms with van der Waals surface area (Å²) in [5.74, 6) is -0.253. The van der Waals surface area contributed by atoms with E-state index in [0.29, 0.717) is 92.4 Å². The highest BCUT2D eigenvalue weighted by molar-refractivity contribution is 5.69. The highest BCUT2D eigenvalue weighted by Crippen LogP contribution is 2.08. The van der Waals surface area contributed by atoms with Crippen LogP contribution in [0.5, 0.6) is 0 Å². The number of amides is 1. The molecule has 0 spiro atoms. The average molecular weight is 496 g/mol. The van der Waals surface area contributed by atoms with E-state index < -0.39 is 5.60 Å². The molecular weight excluding hydrogens is 450 g/mol. The van der Waals surface area contributed by atoms with Crippen molar-refractivity contribution in [1.82, 2.24) is 4.90 Å². The highest BCUT2D eigenvalue weighted by atomic mass is 16.6. The fraction of sp³-hybridized carbons (Fsp3) is 0.913. The second-order valence-electron chi connectivity index (χ2n) is 8.13. The van der Waals surface area contributed by atoms with Crippen molar-refractivity contribution >= 4 is 12.1 Å². The van der Waals surface area contributed by atoms with E-state index in [9.17, 15) is 9.59 Å². The molecular formula is C23H45NO10. The maximum absolute atomic E-state index is 11.8. The van der Waals surface area contributed by atoms with Gasteiger partial charge in [-0.3, -0.25) is 4.79 Å². The lowest BCUT2D eigenvalue weighted by atomic mass is 10.2. The zero-order chi connectivity index (χ0) is 25.5. The summed E-state index contributed by atoms with van der Waals surface area (Å²) in [6.45, 7) is 13.5. The Morgan fingerprint density at radius 1 is 0.647 bits per heavy atom. The van der Waals surface area contributed by atoms with E-state index >= 15 is 0 Å². The van der Waals surface area contributed by atoms with Crippen LogP contribution in [-0.4, -0.2) is 122 Å². The van der Waals surface area contributed by atoms with E-state index in [-0.39, 0.29) is 18.5 Å². The topological polar surface area (TPSA) is 111 Å². The molecule has 0 radical (unpaired) electrons. The standard InChI is InChI=1S/C23H45NO10/c1-6-33-21(25)7-9-27-11-13-29-15-17-31-19-20-32-18-16-30-14-12-28-10-8-24(5)22(26)34-23(2,3)4/h6-20H2,1-5H3. The summed E-state index contributed by atoms with van der Waals surface area (Å²) in [7, 11) is 1.68. The van der Waals surface area contributed by atoms with Gasteiger partial charge in [0.1, 0.15) is 5.60 Å². The summed E-state index contributed by atoms with van der Waals surface area (Å²) in [6, 6.07) is 0. The van der Waals surface area contributed by atoms with Gasteiger partial charge in [-0.15, -0.1) is 0 Å². The van der Waals surface area contributed by atoms with Crippen molar-refractivity contribution in [2.24, 2.45) is 0 Å². The first-order chi connectivity index (χ1) is 16.3. The molecule has 0 aromatic heterocycles. The minimum atomic E-state index is -0.507. The van der Waals surface area contributed by atoms with Gasteiger partial charge < -0.3 is 42.8 Å². The molecule has 0 unspecified atom stereocenters. The Balaban J connectivity index is 3.23. The Bertz CT molecular complexity index is 499. The summed E-state index contributed by atoms with van der Waals surface area (Å²) in [4.78, 5) is 24.4. The molecule has 202 valence electrons. The van der Waals surface area contributed by atoms with E-state index in [2.05, 4.69) is 0 Å². The molecule has 11 nitrogen and oxygen atoms in total. The van der Waals surface area contributed by atoms with Crippen molar-refractivity contribution in [3.8, 4) is 0 Å². The first kappa shape index (κ1) is 32.5. The van der Waals surface area contributed by atoms with Crippen molar-refractivity contribution in [2.75, 3.05) is 99.5 Å². The smallest absolute Gasteiger partial charge is 0.410 e. The Morgan fingerprint density at radius 2 is 1.03 bits per heavy atom. The minimum Gasteiger partial charge on any atom is -0.466 e. The van der Waals surface area contributed by atoms with Gasteiger partial charge in [-0.25, -0.2) is 4.79 Å². The van der Waals surface area contributed by atoms with Gasteiger partial charge in [0.2, 0.25) is 0 Å². The van der Waals surface area contributed by atoms with Gasteiger partial charge in [-0.2, -0.15) is 0 Å². The molecule has 0 saturated heterocycles. The van der Waals surface area contributed by atoms with Crippen LogP contribution < -0.4 is 0 Å². The number of esters is 1. The molecule has 0 saturated carbocycles. The summed E-state index contributed by atoms with van der Waals surface area (Å²) in [5.41, 5.74) is -0.507. The molecule has 0 fully saturated rings. The normalized spacial score (nSPS) is 11.4. The second-order valence-corrected chi connectivity index (χ2v) is 8.13. The molecule has 0 aliphatic rings. The molecule has 0 rings (SSSR count). The Labute approximate surface area is 204 Å². The summed E-state index contributed by atoms with van der Waals surface area (Å²) < 4.78 is 42.4. The molecule has 0 bridgehead atoms. The summed E-state index contributed by atoms with van der Waals surface area (Å²) >= 11 is 0. The van der Waals surface area contributed by atoms with Gasteiger partial charge in [-0.1, -0.05) is 0 Å². The van der Waals surface area contributed by atoms with Crippen LogP contribution in [0.1, 0.15) is 34.1 Å². The highest BCUT2D eigenvalue weighted by Gasteiger charge is 2.19. The van der Waals surface area contributed by atoms with Crippen molar-refractivity contribution in [1.29, 1.82) is 0 Å². The number of rotatable bonds is 22. The first-order valence-corrected chi connectivity index (χ1v) is 11.8. The molecule has 0 N–H and O–H groups in total. The molecule has 34 heavy (non-hydrogen) atoms. The van der Waals surface area contributed by atoms with Crippen molar-refractivity contribution in [3.63, 3.8) is 0 Å². The van der Waals surface area contributed by atoms with Gasteiger partial charge in [0.15, 0.2) is 0 Å². The maximum atomic E-state index is 11.8. The second kappa shape index (κ2) is 22.0. The van der Waals surface area contributed by atoms with Gasteiger partial charge >= 0.3 is 12.1 Å². The monoisotopic (exact) mass is 495 g/mol. The number of nitrogens with zero attached hydrogens (tertiary/aromatic N) is 1. The van der Waals surface area contributed by atoms with E-state index in [1.165, 1.54) is 4.90 Å². The minimum absolute atomic E-state index is 0.253. The third-order valence-corrected chi connectivity index (χ3v) is 3.89. The maximum Gasteiger partial charge on any atom is 0.410 e. The summed E-state index contributed by atoms with van der Waals surface area (Å²) in [5, 5.41) is 0. The number of carbonyl (C=O) groups excluding carboxylic acids is 2. The molecule has 0 aromatic carbocycles. The van der Waals surface area contributed by atoms with Crippen LogP contribution in [0.2, 0.25) is 0 Å². The van der Waals surface area contributed by atoms with Crippen molar-refractivity contribution in [2.45, 2.75) is 39.7 Å². The lowest BCUT2D eigenvalue weighted by Crippen LogP contribution is -2.36. The lowest BCUT2D eigenvalue weighted by molar-refractivity contribution is -0.144. The molecule has 0 aliphatic heterocycles. The molecule has 0 atom stereocenters. The third kappa shape index (κ3) is 23.7. The molecule has 0 heterocycles. The van der Waals surface area contributed by atoms with Crippen LogP contribution in [0.4, 0.5) is 4.79 Å². The number of ether oxygens (including phenoxy) is 8. The van der Waals surface area contributed by atoms with E-state index in [0.717, 1.165) is 0 Å². The molecule has 11 heteroatoms. The predicted molar refractivity (Wildman–Crippen MR) is 125 cm³/mol. The summed E-state index contributed by atoms with van der Waals surface area (Å²) in [6.07, 6.45) is -0.111. The van der Waals surface area contributed by atoms with Crippen LogP contribution in [-0.2, 0) is 42.7 Å². The predicted octanol–water partition coefficient (Wildman–Crippen LogP) is 1.91. The van der Waals surface area contributed by atoms with E-state index in [1.807, 2.05) is 20.8 Å². The zero-order valence-electron chi connectivity index (χ0n) is 21.6. The van der Waals surface area contributed by atoms with Crippen LogP contribution in [0.15, 0.2) is 0 Å². The van der Waals surface area contributed by atoms with Crippen LogP contribution in [0.3, 0.4) is 0 Å². The van der Waals surface area contributed by atoms with E-state index in [4.69, 9.17) is 37.9 Å². The van der Waals surface area contributed by atoms with Crippen LogP contribution >= 0.6 is 0 Å².